The fourth-order valence-corrected chi connectivity index (χ4v) is 3.79. The molecule has 9 heteroatoms. The predicted octanol–water partition coefficient (Wildman–Crippen LogP) is 2.27. The van der Waals surface area contributed by atoms with E-state index < -0.39 is 6.10 Å². The second-order valence-electron chi connectivity index (χ2n) is 7.80. The zero-order chi connectivity index (χ0) is 21.4. The van der Waals surface area contributed by atoms with Gasteiger partial charge in [-0.05, 0) is 26.0 Å². The van der Waals surface area contributed by atoms with Gasteiger partial charge in [-0.15, -0.1) is 0 Å². The van der Waals surface area contributed by atoms with Gasteiger partial charge in [-0.2, -0.15) is 5.10 Å². The summed E-state index contributed by atoms with van der Waals surface area (Å²) in [5, 5.41) is 14.0. The Morgan fingerprint density at radius 3 is 2.32 bits per heavy atom. The van der Waals surface area contributed by atoms with Crippen molar-refractivity contribution in [3.8, 4) is 11.1 Å². The van der Waals surface area contributed by atoms with Gasteiger partial charge in [0.1, 0.15) is 11.8 Å². The molecule has 1 saturated heterocycles. The number of nitrogens with zero attached hydrogens (tertiary/aromatic N) is 8. The highest BCUT2D eigenvalue weighted by molar-refractivity contribution is 5.77. The van der Waals surface area contributed by atoms with Gasteiger partial charge < -0.3 is 14.9 Å². The molecule has 0 spiro atoms. The van der Waals surface area contributed by atoms with Gasteiger partial charge >= 0.3 is 0 Å². The number of aliphatic hydroxyl groups is 1. The van der Waals surface area contributed by atoms with E-state index in [2.05, 4.69) is 47.0 Å². The van der Waals surface area contributed by atoms with Crippen LogP contribution < -0.4 is 9.80 Å². The van der Waals surface area contributed by atoms with Crippen LogP contribution in [0.3, 0.4) is 0 Å². The normalized spacial score (nSPS) is 15.5. The fraction of sp³-hybridized carbons (Fsp3) is 0.318. The highest BCUT2D eigenvalue weighted by Crippen LogP contribution is 2.27. The van der Waals surface area contributed by atoms with E-state index in [1.807, 2.05) is 29.9 Å². The largest absolute Gasteiger partial charge is 0.389 e. The Morgan fingerprint density at radius 1 is 0.903 bits per heavy atom. The molecule has 0 aromatic carbocycles. The zero-order valence-electron chi connectivity index (χ0n) is 17.5. The summed E-state index contributed by atoms with van der Waals surface area (Å²) >= 11 is 0. The van der Waals surface area contributed by atoms with Crippen molar-refractivity contribution in [1.29, 1.82) is 0 Å². The number of pyridine rings is 1. The molecule has 1 fully saturated rings. The third-order valence-electron chi connectivity index (χ3n) is 5.63. The zero-order valence-corrected chi connectivity index (χ0v) is 17.5. The first-order valence-corrected chi connectivity index (χ1v) is 10.3. The van der Waals surface area contributed by atoms with E-state index in [4.69, 9.17) is 0 Å². The van der Waals surface area contributed by atoms with Crippen LogP contribution in [0.1, 0.15) is 24.3 Å². The maximum Gasteiger partial charge on any atom is 0.225 e. The maximum absolute atomic E-state index is 9.64. The van der Waals surface area contributed by atoms with E-state index in [1.54, 1.807) is 25.6 Å². The monoisotopic (exact) mass is 416 g/mol. The molecule has 1 aliphatic rings. The third-order valence-corrected chi connectivity index (χ3v) is 5.63. The number of piperazine rings is 1. The van der Waals surface area contributed by atoms with Gasteiger partial charge in [-0.1, -0.05) is 6.07 Å². The highest BCUT2D eigenvalue weighted by Gasteiger charge is 2.22. The van der Waals surface area contributed by atoms with Crippen LogP contribution in [0.15, 0.2) is 49.3 Å². The van der Waals surface area contributed by atoms with Crippen molar-refractivity contribution in [3.63, 3.8) is 0 Å². The Labute approximate surface area is 180 Å². The minimum Gasteiger partial charge on any atom is -0.389 e. The van der Waals surface area contributed by atoms with E-state index in [9.17, 15) is 5.11 Å². The van der Waals surface area contributed by atoms with Crippen LogP contribution in [0, 0.1) is 6.92 Å². The summed E-state index contributed by atoms with van der Waals surface area (Å²) in [6.07, 6.45) is 8.32. The highest BCUT2D eigenvalue weighted by atomic mass is 16.3. The van der Waals surface area contributed by atoms with Gasteiger partial charge in [0, 0.05) is 73.4 Å². The molecule has 0 amide bonds. The van der Waals surface area contributed by atoms with Crippen molar-refractivity contribution in [1.82, 2.24) is 29.5 Å². The topological polar surface area (TPSA) is 95.6 Å². The maximum atomic E-state index is 9.64. The summed E-state index contributed by atoms with van der Waals surface area (Å²) in [6, 6.07) is 6.21. The minimum absolute atomic E-state index is 0.561. The van der Waals surface area contributed by atoms with Crippen molar-refractivity contribution < 1.29 is 5.11 Å². The van der Waals surface area contributed by atoms with Crippen LogP contribution >= 0.6 is 0 Å². The first kappa shape index (κ1) is 19.4. The quantitative estimate of drug-likeness (QED) is 0.541. The predicted molar refractivity (Wildman–Crippen MR) is 118 cm³/mol. The minimum atomic E-state index is -0.561. The molecule has 4 aromatic heterocycles. The Balaban J connectivity index is 1.35. The molecule has 1 unspecified atom stereocenters. The van der Waals surface area contributed by atoms with Crippen LogP contribution in [-0.2, 0) is 0 Å². The molecule has 0 bridgehead atoms. The van der Waals surface area contributed by atoms with Crippen LogP contribution in [0.5, 0.6) is 0 Å². The summed E-state index contributed by atoms with van der Waals surface area (Å²) in [6.45, 7) is 6.89. The second-order valence-corrected chi connectivity index (χ2v) is 7.80. The summed E-state index contributed by atoms with van der Waals surface area (Å²) in [4.78, 5) is 22.2. The molecular weight excluding hydrogens is 392 g/mol. The molecule has 5 rings (SSSR count). The van der Waals surface area contributed by atoms with Gasteiger partial charge in [-0.3, -0.25) is 4.98 Å². The van der Waals surface area contributed by atoms with Crippen molar-refractivity contribution in [3.05, 3.63) is 60.6 Å². The number of hydrogen-bond donors (Lipinski definition) is 1. The second kappa shape index (κ2) is 7.92. The van der Waals surface area contributed by atoms with Crippen molar-refractivity contribution >= 4 is 17.3 Å². The first-order valence-electron chi connectivity index (χ1n) is 10.3. The SMILES string of the molecule is Cc1ccc(-c2cc3c(N4CCN(c5ncc(C(C)O)cn5)CC4)ncnn3c2)cn1. The van der Waals surface area contributed by atoms with Crippen LogP contribution in [0.25, 0.3) is 16.6 Å². The lowest BCUT2D eigenvalue weighted by Crippen LogP contribution is -2.47. The van der Waals surface area contributed by atoms with Gasteiger partial charge in [0.25, 0.3) is 0 Å². The van der Waals surface area contributed by atoms with E-state index in [0.29, 0.717) is 5.95 Å². The Morgan fingerprint density at radius 2 is 1.65 bits per heavy atom. The lowest BCUT2D eigenvalue weighted by atomic mass is 10.1. The number of aliphatic hydroxyl groups excluding tert-OH is 1. The molecule has 1 atom stereocenters. The number of hydrogen-bond acceptors (Lipinski definition) is 8. The average Bonchev–Trinajstić information content (AvgIpc) is 3.24. The molecule has 0 radical (unpaired) electrons. The molecule has 4 aromatic rings. The third kappa shape index (κ3) is 3.79. The number of aryl methyl sites for hydroxylation is 1. The molecule has 1 N–H and O–H groups in total. The number of fused-ring (bicyclic) bond motifs is 1. The first-order chi connectivity index (χ1) is 15.1. The van der Waals surface area contributed by atoms with Gasteiger partial charge in [0.15, 0.2) is 5.82 Å². The molecule has 1 aliphatic heterocycles. The Kier molecular flexibility index (Phi) is 4.95. The molecule has 0 saturated carbocycles. The summed E-state index contributed by atoms with van der Waals surface area (Å²) in [7, 11) is 0. The van der Waals surface area contributed by atoms with Crippen molar-refractivity contribution in [2.24, 2.45) is 0 Å². The van der Waals surface area contributed by atoms with E-state index in [0.717, 1.165) is 59.9 Å². The lowest BCUT2D eigenvalue weighted by molar-refractivity contribution is 0.198. The number of rotatable bonds is 4. The number of anilines is 2. The molecule has 5 heterocycles. The molecular formula is C22H24N8O. The summed E-state index contributed by atoms with van der Waals surface area (Å²) in [5.74, 6) is 1.61. The number of aromatic nitrogens is 6. The van der Waals surface area contributed by atoms with Gasteiger partial charge in [0.05, 0.1) is 6.10 Å². The molecule has 9 nitrogen and oxygen atoms in total. The summed E-state index contributed by atoms with van der Waals surface area (Å²) < 4.78 is 1.88. The van der Waals surface area contributed by atoms with Crippen LogP contribution in [0.2, 0.25) is 0 Å². The van der Waals surface area contributed by atoms with Crippen molar-refractivity contribution in [2.45, 2.75) is 20.0 Å². The van der Waals surface area contributed by atoms with Gasteiger partial charge in [-0.25, -0.2) is 19.5 Å². The fourth-order valence-electron chi connectivity index (χ4n) is 3.79. The average molecular weight is 416 g/mol. The Hall–Kier alpha value is -3.59. The van der Waals surface area contributed by atoms with Crippen LogP contribution in [-0.4, -0.2) is 60.8 Å². The molecule has 0 aliphatic carbocycles. The van der Waals surface area contributed by atoms with E-state index in [-0.39, 0.29) is 0 Å². The van der Waals surface area contributed by atoms with E-state index in [1.165, 1.54) is 0 Å². The van der Waals surface area contributed by atoms with E-state index >= 15 is 0 Å². The van der Waals surface area contributed by atoms with Crippen LogP contribution in [0.4, 0.5) is 11.8 Å². The Bertz CT molecular complexity index is 1180. The smallest absolute Gasteiger partial charge is 0.225 e. The van der Waals surface area contributed by atoms with Crippen molar-refractivity contribution in [2.75, 3.05) is 36.0 Å². The molecule has 31 heavy (non-hydrogen) atoms. The lowest BCUT2D eigenvalue weighted by Gasteiger charge is -2.35. The summed E-state index contributed by atoms with van der Waals surface area (Å²) in [5.41, 5.74) is 4.82. The standard InChI is InChI=1S/C22H24N8O/c1-15-3-4-17(10-23-15)18-9-20-21(26-14-27-30(20)13-18)28-5-7-29(8-6-28)22-24-11-19(12-25-22)16(2)31/h3-4,9-14,16,31H,5-8H2,1-2H3. The molecule has 158 valence electrons. The van der Waals surface area contributed by atoms with Gasteiger partial charge in [0.2, 0.25) is 5.95 Å².